The van der Waals surface area contributed by atoms with E-state index in [4.69, 9.17) is 14.2 Å². The normalized spacial score (nSPS) is 16.0. The van der Waals surface area contributed by atoms with E-state index in [-0.39, 0.29) is 29.7 Å². The predicted octanol–water partition coefficient (Wildman–Crippen LogP) is 3.63. The third-order valence-electron chi connectivity index (χ3n) is 5.17. The van der Waals surface area contributed by atoms with Crippen molar-refractivity contribution in [1.82, 2.24) is 9.71 Å². The number of para-hydroxylation sites is 1. The highest BCUT2D eigenvalue weighted by molar-refractivity contribution is 7.89. The molecule has 4 rings (SSSR count). The molecular weight excluding hydrogens is 464 g/mol. The molecule has 0 spiro atoms. The summed E-state index contributed by atoms with van der Waals surface area (Å²) in [6, 6.07) is 13.2. The molecule has 10 heteroatoms. The van der Waals surface area contributed by atoms with Crippen molar-refractivity contribution in [2.75, 3.05) is 20.3 Å². The maximum atomic E-state index is 12.4. The van der Waals surface area contributed by atoms with Crippen LogP contribution in [0.1, 0.15) is 28.9 Å². The zero-order valence-electron chi connectivity index (χ0n) is 18.0. The van der Waals surface area contributed by atoms with Gasteiger partial charge in [-0.1, -0.05) is 12.1 Å². The molecule has 0 bridgehead atoms. The zero-order chi connectivity index (χ0) is 23.3. The number of nitrogens with zero attached hydrogens (tertiary/aromatic N) is 1. The lowest BCUT2D eigenvalue weighted by atomic mass is 10.2. The van der Waals surface area contributed by atoms with Gasteiger partial charge in [-0.25, -0.2) is 22.9 Å². The predicted molar refractivity (Wildman–Crippen MR) is 124 cm³/mol. The fraction of sp³-hybridized carbons (Fsp3) is 0.304. The Kier molecular flexibility index (Phi) is 7.39. The maximum absolute atomic E-state index is 12.4. The summed E-state index contributed by atoms with van der Waals surface area (Å²) in [5.41, 5.74) is 1.74. The van der Waals surface area contributed by atoms with Crippen LogP contribution in [0.3, 0.4) is 0 Å². The van der Waals surface area contributed by atoms with Crippen molar-refractivity contribution in [1.29, 1.82) is 0 Å². The van der Waals surface area contributed by atoms with E-state index >= 15 is 0 Å². The Hall–Kier alpha value is -2.79. The molecule has 33 heavy (non-hydrogen) atoms. The third-order valence-corrected chi connectivity index (χ3v) is 7.53. The van der Waals surface area contributed by atoms with Crippen molar-refractivity contribution in [2.24, 2.45) is 0 Å². The Morgan fingerprint density at radius 1 is 1.21 bits per heavy atom. The number of thiazole rings is 1. The van der Waals surface area contributed by atoms with E-state index in [2.05, 4.69) is 9.71 Å². The molecule has 1 aromatic heterocycles. The molecular formula is C23H24N2O6S2. The summed E-state index contributed by atoms with van der Waals surface area (Å²) in [5, 5.41) is 2.59. The van der Waals surface area contributed by atoms with Crippen LogP contribution in [0.4, 0.5) is 0 Å². The van der Waals surface area contributed by atoms with Crippen molar-refractivity contribution in [3.8, 4) is 16.3 Å². The summed E-state index contributed by atoms with van der Waals surface area (Å²) in [4.78, 5) is 17.0. The molecule has 174 valence electrons. The summed E-state index contributed by atoms with van der Waals surface area (Å²) >= 11 is 1.43. The molecule has 1 unspecified atom stereocenters. The number of aromatic nitrogens is 1. The van der Waals surface area contributed by atoms with E-state index in [0.29, 0.717) is 12.3 Å². The van der Waals surface area contributed by atoms with Crippen LogP contribution < -0.4 is 9.46 Å². The van der Waals surface area contributed by atoms with Crippen molar-refractivity contribution in [3.05, 3.63) is 65.2 Å². The Balaban J connectivity index is 1.34. The number of ether oxygens (including phenoxy) is 3. The van der Waals surface area contributed by atoms with Crippen LogP contribution in [0.25, 0.3) is 10.6 Å². The van der Waals surface area contributed by atoms with Crippen LogP contribution in [0.2, 0.25) is 0 Å². The van der Waals surface area contributed by atoms with E-state index in [9.17, 15) is 13.2 Å². The molecule has 1 aliphatic rings. The highest BCUT2D eigenvalue weighted by Crippen LogP contribution is 2.32. The molecule has 0 saturated carbocycles. The van der Waals surface area contributed by atoms with E-state index in [1.54, 1.807) is 7.11 Å². The molecule has 1 aliphatic heterocycles. The number of sulfonamides is 1. The quantitative estimate of drug-likeness (QED) is 0.459. The number of rotatable bonds is 9. The SMILES string of the molecule is COc1ccccc1-c1nc(COC(=O)c2ccc(S(=O)(=O)NCC3CCCO3)cc2)cs1. The summed E-state index contributed by atoms with van der Waals surface area (Å²) < 4.78 is 43.6. The van der Waals surface area contributed by atoms with Gasteiger partial charge in [-0.2, -0.15) is 0 Å². The second-order valence-electron chi connectivity index (χ2n) is 7.43. The van der Waals surface area contributed by atoms with Gasteiger partial charge in [-0.3, -0.25) is 0 Å². The Bertz CT molecular complexity index is 1200. The van der Waals surface area contributed by atoms with Gasteiger partial charge in [0.25, 0.3) is 0 Å². The van der Waals surface area contributed by atoms with E-state index < -0.39 is 16.0 Å². The molecule has 8 nitrogen and oxygen atoms in total. The van der Waals surface area contributed by atoms with Crippen LogP contribution in [0, 0.1) is 0 Å². The van der Waals surface area contributed by atoms with Gasteiger partial charge in [-0.05, 0) is 49.2 Å². The molecule has 1 atom stereocenters. The van der Waals surface area contributed by atoms with Crippen molar-refractivity contribution >= 4 is 27.3 Å². The monoisotopic (exact) mass is 488 g/mol. The van der Waals surface area contributed by atoms with Gasteiger partial charge in [0.15, 0.2) is 0 Å². The van der Waals surface area contributed by atoms with Gasteiger partial charge in [0.1, 0.15) is 17.4 Å². The number of carbonyl (C=O) groups is 1. The van der Waals surface area contributed by atoms with E-state index in [1.807, 2.05) is 29.6 Å². The molecule has 1 saturated heterocycles. The second kappa shape index (κ2) is 10.4. The lowest BCUT2D eigenvalue weighted by Gasteiger charge is -2.11. The zero-order valence-corrected chi connectivity index (χ0v) is 19.7. The van der Waals surface area contributed by atoms with Crippen LogP contribution >= 0.6 is 11.3 Å². The minimum absolute atomic E-state index is 0.00742. The fourth-order valence-electron chi connectivity index (χ4n) is 3.40. The molecule has 1 N–H and O–H groups in total. The van der Waals surface area contributed by atoms with Gasteiger partial charge in [0.2, 0.25) is 10.0 Å². The minimum Gasteiger partial charge on any atom is -0.496 e. The number of esters is 1. The smallest absolute Gasteiger partial charge is 0.338 e. The van der Waals surface area contributed by atoms with Crippen LogP contribution in [0.15, 0.2) is 58.8 Å². The minimum atomic E-state index is -3.68. The van der Waals surface area contributed by atoms with E-state index in [1.165, 1.54) is 35.6 Å². The number of carbonyl (C=O) groups excluding carboxylic acids is 1. The average molecular weight is 489 g/mol. The Morgan fingerprint density at radius 3 is 2.73 bits per heavy atom. The van der Waals surface area contributed by atoms with Crippen LogP contribution in [-0.2, 0) is 26.1 Å². The van der Waals surface area contributed by atoms with Gasteiger partial charge < -0.3 is 14.2 Å². The van der Waals surface area contributed by atoms with Crippen LogP contribution in [0.5, 0.6) is 5.75 Å². The molecule has 0 aliphatic carbocycles. The second-order valence-corrected chi connectivity index (χ2v) is 10.1. The van der Waals surface area contributed by atoms with Gasteiger partial charge in [0.05, 0.1) is 34.9 Å². The number of nitrogens with one attached hydrogen (secondary N) is 1. The summed E-state index contributed by atoms with van der Waals surface area (Å²) in [6.45, 7) is 0.899. The molecule has 2 aromatic carbocycles. The van der Waals surface area contributed by atoms with Crippen molar-refractivity contribution < 1.29 is 27.4 Å². The highest BCUT2D eigenvalue weighted by atomic mass is 32.2. The number of hydrogen-bond donors (Lipinski definition) is 1. The number of hydrogen-bond acceptors (Lipinski definition) is 8. The Morgan fingerprint density at radius 2 is 2.00 bits per heavy atom. The highest BCUT2D eigenvalue weighted by Gasteiger charge is 2.21. The van der Waals surface area contributed by atoms with Gasteiger partial charge in [-0.15, -0.1) is 11.3 Å². The first-order valence-electron chi connectivity index (χ1n) is 10.4. The molecule has 2 heterocycles. The number of methoxy groups -OCH3 is 1. The fourth-order valence-corrected chi connectivity index (χ4v) is 5.30. The molecule has 3 aromatic rings. The van der Waals surface area contributed by atoms with E-state index in [0.717, 1.165) is 29.2 Å². The summed E-state index contributed by atoms with van der Waals surface area (Å²) in [7, 11) is -2.07. The first kappa shape index (κ1) is 23.4. The van der Waals surface area contributed by atoms with Crippen molar-refractivity contribution in [3.63, 3.8) is 0 Å². The standard InChI is InChI=1S/C23H24N2O6S2/c1-29-21-7-3-2-6-20(21)22-25-17(15-32-22)14-31-23(26)16-8-10-19(11-9-16)33(27,28)24-13-18-5-4-12-30-18/h2-3,6-11,15,18,24H,4-5,12-14H2,1H3. The lowest BCUT2D eigenvalue weighted by molar-refractivity contribution is 0.0468. The molecule has 1 fully saturated rings. The Labute approximate surface area is 196 Å². The topological polar surface area (TPSA) is 104 Å². The summed E-state index contributed by atoms with van der Waals surface area (Å²) in [6.07, 6.45) is 1.68. The maximum Gasteiger partial charge on any atom is 0.338 e. The first-order chi connectivity index (χ1) is 16.0. The average Bonchev–Trinajstić information content (AvgIpc) is 3.54. The van der Waals surface area contributed by atoms with Crippen molar-refractivity contribution in [2.45, 2.75) is 30.4 Å². The molecule has 0 amide bonds. The summed E-state index contributed by atoms with van der Waals surface area (Å²) in [5.74, 6) is 0.161. The first-order valence-corrected chi connectivity index (χ1v) is 12.8. The van der Waals surface area contributed by atoms with Crippen LogP contribution in [-0.4, -0.2) is 45.7 Å². The third kappa shape index (κ3) is 5.77. The molecule has 0 radical (unpaired) electrons. The number of benzene rings is 2. The van der Waals surface area contributed by atoms with Gasteiger partial charge in [0, 0.05) is 18.5 Å². The van der Waals surface area contributed by atoms with Gasteiger partial charge >= 0.3 is 5.97 Å². The largest absolute Gasteiger partial charge is 0.496 e. The lowest BCUT2D eigenvalue weighted by Crippen LogP contribution is -2.31.